The van der Waals surface area contributed by atoms with E-state index in [9.17, 15) is 24.5 Å². The quantitative estimate of drug-likeness (QED) is 0.103. The van der Waals surface area contributed by atoms with Crippen LogP contribution in [-0.2, 0) is 30.0 Å². The number of rotatable bonds is 11. The Bertz CT molecular complexity index is 2070. The monoisotopic (exact) mass is 773 g/mol. The van der Waals surface area contributed by atoms with Gasteiger partial charge in [0.15, 0.2) is 0 Å². The number of amides is 3. The Morgan fingerprint density at radius 3 is 2.11 bits per heavy atom. The number of fused-ring (bicyclic) bond motifs is 3. The van der Waals surface area contributed by atoms with E-state index in [0.29, 0.717) is 29.3 Å². The van der Waals surface area contributed by atoms with Gasteiger partial charge in [-0.15, -0.1) is 0 Å². The number of allylic oxidation sites excluding steroid dienone is 1. The van der Waals surface area contributed by atoms with Gasteiger partial charge in [-0.3, -0.25) is 9.59 Å². The molecule has 10 nitrogen and oxygen atoms in total. The molecule has 3 heterocycles. The average Bonchev–Trinajstić information content (AvgIpc) is 3.77. The van der Waals surface area contributed by atoms with Gasteiger partial charge in [-0.25, -0.2) is 4.79 Å². The molecule has 56 heavy (non-hydrogen) atoms. The SMILES string of the molecule is COC(=O)N1C(=O)[C@@H]2[C@@H](CC(CO[Si](c3ccccc3)(c3ccccc3)C(C)(C)C)=C3[C@@H](CC/C(=C/c4ccc(CO)o4)c4ccccc4)OB(O)C[C@@H]32)C1=O. The Morgan fingerprint density at radius 1 is 0.911 bits per heavy atom. The van der Waals surface area contributed by atoms with Crippen LogP contribution in [0.4, 0.5) is 4.79 Å². The summed E-state index contributed by atoms with van der Waals surface area (Å²) in [5.74, 6) is -2.43. The minimum Gasteiger partial charge on any atom is -0.459 e. The van der Waals surface area contributed by atoms with Crippen molar-refractivity contribution in [3.8, 4) is 0 Å². The van der Waals surface area contributed by atoms with Crippen LogP contribution in [-0.4, -0.2) is 68.2 Å². The number of nitrogens with zero attached hydrogens (tertiary/aromatic N) is 1. The number of ether oxygens (including phenoxy) is 1. The van der Waals surface area contributed by atoms with E-state index in [1.54, 1.807) is 6.07 Å². The third-order valence-corrected chi connectivity index (χ3v) is 16.5. The third kappa shape index (κ3) is 7.39. The summed E-state index contributed by atoms with van der Waals surface area (Å²) in [6, 6.07) is 34.0. The molecule has 2 fully saturated rings. The lowest BCUT2D eigenvalue weighted by atomic mass is 9.58. The molecule has 3 amide bonds. The van der Waals surface area contributed by atoms with E-state index in [4.69, 9.17) is 18.2 Å². The van der Waals surface area contributed by atoms with Crippen LogP contribution < -0.4 is 10.4 Å². The van der Waals surface area contributed by atoms with Crippen LogP contribution in [0.3, 0.4) is 0 Å². The van der Waals surface area contributed by atoms with Crippen molar-refractivity contribution in [2.75, 3.05) is 13.7 Å². The number of aliphatic hydroxyl groups excluding tert-OH is 1. The highest BCUT2D eigenvalue weighted by Crippen LogP contribution is 2.51. The molecule has 0 unspecified atom stereocenters. The first-order valence-corrected chi connectivity index (χ1v) is 21.1. The lowest BCUT2D eigenvalue weighted by Gasteiger charge is -2.46. The maximum atomic E-state index is 14.0. The van der Waals surface area contributed by atoms with Crippen LogP contribution >= 0.6 is 0 Å². The van der Waals surface area contributed by atoms with Crippen molar-refractivity contribution in [3.63, 3.8) is 0 Å². The first kappa shape index (κ1) is 39.4. The van der Waals surface area contributed by atoms with E-state index < -0.39 is 57.2 Å². The van der Waals surface area contributed by atoms with Crippen LogP contribution in [0, 0.1) is 17.8 Å². The Balaban J connectivity index is 1.32. The van der Waals surface area contributed by atoms with Gasteiger partial charge in [0.05, 0.1) is 31.7 Å². The summed E-state index contributed by atoms with van der Waals surface area (Å²) in [6.07, 6.45) is 1.52. The molecule has 2 aliphatic heterocycles. The minimum atomic E-state index is -3.05. The Labute approximate surface area is 329 Å². The average molecular weight is 774 g/mol. The molecular weight excluding hydrogens is 725 g/mol. The van der Waals surface area contributed by atoms with E-state index in [2.05, 4.69) is 45.0 Å². The highest BCUT2D eigenvalue weighted by molar-refractivity contribution is 6.99. The Morgan fingerprint density at radius 2 is 1.54 bits per heavy atom. The maximum absolute atomic E-state index is 14.0. The van der Waals surface area contributed by atoms with Crippen molar-refractivity contribution < 1.29 is 42.7 Å². The predicted octanol–water partition coefficient (Wildman–Crippen LogP) is 6.23. The van der Waals surface area contributed by atoms with Gasteiger partial charge in [0, 0.05) is 0 Å². The second-order valence-electron chi connectivity index (χ2n) is 15.8. The molecule has 1 aliphatic carbocycles. The largest absolute Gasteiger partial charge is 0.459 e. The molecule has 2 saturated heterocycles. The zero-order valence-corrected chi connectivity index (χ0v) is 33.2. The molecular formula is C44H48BNO9Si. The lowest BCUT2D eigenvalue weighted by molar-refractivity contribution is -0.137. The Kier molecular flexibility index (Phi) is 11.5. The van der Waals surface area contributed by atoms with E-state index >= 15 is 0 Å². The first-order chi connectivity index (χ1) is 27.0. The molecule has 0 spiro atoms. The zero-order chi connectivity index (χ0) is 39.6. The normalized spacial score (nSPS) is 21.6. The van der Waals surface area contributed by atoms with Gasteiger partial charge >= 0.3 is 13.2 Å². The van der Waals surface area contributed by atoms with Crippen LogP contribution in [0.2, 0.25) is 11.4 Å². The number of furan rings is 1. The van der Waals surface area contributed by atoms with Crippen molar-refractivity contribution in [2.45, 2.75) is 64.1 Å². The maximum Gasteiger partial charge on any atom is 0.455 e. The van der Waals surface area contributed by atoms with Crippen molar-refractivity contribution >= 4 is 55.4 Å². The number of methoxy groups -OCH3 is 1. The molecule has 290 valence electrons. The molecule has 1 aromatic heterocycles. The number of likely N-dealkylation sites (tertiary alicyclic amines) is 1. The number of imide groups is 3. The Hall–Kier alpha value is -4.85. The topological polar surface area (TPSA) is 136 Å². The molecule has 4 atom stereocenters. The molecule has 3 aromatic carbocycles. The second-order valence-corrected chi connectivity index (χ2v) is 20.1. The van der Waals surface area contributed by atoms with Gasteiger partial charge in [0.25, 0.3) is 8.32 Å². The summed E-state index contributed by atoms with van der Waals surface area (Å²) < 4.78 is 24.6. The fourth-order valence-electron chi connectivity index (χ4n) is 9.09. The fraction of sp³-hybridized carbons (Fsp3) is 0.341. The van der Waals surface area contributed by atoms with Crippen LogP contribution in [0.1, 0.15) is 57.1 Å². The van der Waals surface area contributed by atoms with Gasteiger partial charge < -0.3 is 28.4 Å². The van der Waals surface area contributed by atoms with Gasteiger partial charge in [-0.2, -0.15) is 4.90 Å². The van der Waals surface area contributed by atoms with Gasteiger partial charge in [-0.05, 0) is 87.4 Å². The summed E-state index contributed by atoms with van der Waals surface area (Å²) in [5.41, 5.74) is 3.61. The van der Waals surface area contributed by atoms with Crippen molar-refractivity contribution in [1.82, 2.24) is 4.90 Å². The van der Waals surface area contributed by atoms with Gasteiger partial charge in [0.1, 0.15) is 18.1 Å². The summed E-state index contributed by atoms with van der Waals surface area (Å²) >= 11 is 0. The number of hydrogen-bond acceptors (Lipinski definition) is 9. The van der Waals surface area contributed by atoms with Crippen LogP contribution in [0.5, 0.6) is 0 Å². The van der Waals surface area contributed by atoms with Gasteiger partial charge in [-0.1, -0.05) is 112 Å². The summed E-state index contributed by atoms with van der Waals surface area (Å²) in [6.45, 7) is 6.55. The smallest absolute Gasteiger partial charge is 0.455 e. The molecule has 0 radical (unpaired) electrons. The zero-order valence-electron chi connectivity index (χ0n) is 32.2. The van der Waals surface area contributed by atoms with E-state index in [1.807, 2.05) is 78.9 Å². The molecule has 12 heteroatoms. The second kappa shape index (κ2) is 16.3. The fourth-order valence-corrected chi connectivity index (χ4v) is 13.6. The number of carbonyl (C=O) groups excluding carboxylic acids is 3. The first-order valence-electron chi connectivity index (χ1n) is 19.2. The van der Waals surface area contributed by atoms with E-state index in [0.717, 1.165) is 39.8 Å². The molecule has 3 aliphatic rings. The molecule has 7 rings (SSSR count). The van der Waals surface area contributed by atoms with E-state index in [-0.39, 0.29) is 31.0 Å². The lowest BCUT2D eigenvalue weighted by Crippen LogP contribution is -2.66. The third-order valence-electron chi connectivity index (χ3n) is 11.5. The summed E-state index contributed by atoms with van der Waals surface area (Å²) in [5, 5.41) is 22.8. The standard InChI is InChI=1S/C44H48BNO9Si/c1-44(2,3)56(34-16-10-6-11-17-34,35-18-12-7-13-19-35)53-28-31-25-36-40(42(49)46(41(36)48)43(50)52-4)37-26-45(51)55-38(39(31)37)23-20-30(29-14-8-5-9-15-29)24-32-21-22-33(27-47)54-32/h5-19,21-22,24,36-38,40,47,51H,20,23,25-28H2,1-4H3/b30-24-/t36-,37+,38-,40-/m1/s1. The highest BCUT2D eigenvalue weighted by Gasteiger charge is 2.60. The summed E-state index contributed by atoms with van der Waals surface area (Å²) in [7, 11) is -3.11. The van der Waals surface area contributed by atoms with Gasteiger partial charge in [0.2, 0.25) is 11.8 Å². The number of benzene rings is 3. The van der Waals surface area contributed by atoms with Crippen LogP contribution in [0.15, 0.2) is 119 Å². The number of aliphatic hydroxyl groups is 1. The summed E-state index contributed by atoms with van der Waals surface area (Å²) in [4.78, 5) is 41.4. The number of hydrogen-bond donors (Lipinski definition) is 2. The number of carbonyl (C=O) groups is 3. The van der Waals surface area contributed by atoms with Crippen LogP contribution in [0.25, 0.3) is 11.6 Å². The molecule has 4 aromatic rings. The molecule has 0 bridgehead atoms. The predicted molar refractivity (Wildman–Crippen MR) is 216 cm³/mol. The molecule has 2 N–H and O–H groups in total. The highest BCUT2D eigenvalue weighted by atomic mass is 28.4. The van der Waals surface area contributed by atoms with Crippen molar-refractivity contribution in [2.24, 2.45) is 17.8 Å². The minimum absolute atomic E-state index is 0.0848. The van der Waals surface area contributed by atoms with Crippen molar-refractivity contribution in [3.05, 3.63) is 131 Å². The van der Waals surface area contributed by atoms with Crippen molar-refractivity contribution in [1.29, 1.82) is 0 Å². The molecule has 0 saturated carbocycles. The van der Waals surface area contributed by atoms with E-state index in [1.165, 1.54) is 0 Å².